The van der Waals surface area contributed by atoms with Gasteiger partial charge < -0.3 is 19.9 Å². The zero-order valence-corrected chi connectivity index (χ0v) is 14.6. The highest BCUT2D eigenvalue weighted by molar-refractivity contribution is 6.00. The number of hydrogen-bond donors (Lipinski definition) is 2. The van der Waals surface area contributed by atoms with Crippen LogP contribution in [0, 0.1) is 6.92 Å². The summed E-state index contributed by atoms with van der Waals surface area (Å²) in [5.74, 6) is -1.09. The van der Waals surface area contributed by atoms with Crippen molar-refractivity contribution in [2.24, 2.45) is 0 Å². The molecule has 0 saturated heterocycles. The van der Waals surface area contributed by atoms with E-state index in [9.17, 15) is 14.4 Å². The van der Waals surface area contributed by atoms with Gasteiger partial charge in [0.25, 0.3) is 5.91 Å². The molecule has 1 aromatic heterocycles. The van der Waals surface area contributed by atoms with Gasteiger partial charge in [-0.3, -0.25) is 9.59 Å². The summed E-state index contributed by atoms with van der Waals surface area (Å²) < 4.78 is 9.98. The largest absolute Gasteiger partial charge is 0.448 e. The molecule has 2 aromatic rings. The Morgan fingerprint density at radius 3 is 2.50 bits per heavy atom. The van der Waals surface area contributed by atoms with Gasteiger partial charge >= 0.3 is 5.97 Å². The number of aromatic nitrogens is 1. The van der Waals surface area contributed by atoms with Crippen LogP contribution < -0.4 is 10.6 Å². The Kier molecular flexibility index (Phi) is 6.26. The molecule has 0 aliphatic carbocycles. The van der Waals surface area contributed by atoms with E-state index in [1.807, 2.05) is 6.07 Å². The fourth-order valence-electron chi connectivity index (χ4n) is 1.98. The molecule has 2 N–H and O–H groups in total. The van der Waals surface area contributed by atoms with Crippen molar-refractivity contribution in [1.29, 1.82) is 0 Å². The van der Waals surface area contributed by atoms with Crippen molar-refractivity contribution in [3.63, 3.8) is 0 Å². The standard InChI is InChI=1S/C18H19N3O5/c1-11-9-16(21-26-11)20-17(23)12(2)25-18(24)15(19-13(3)22)10-14-7-5-4-6-8-14/h4-10,12H,1-3H3,(H,19,22)(H,20,21,23)/b15-10-/t12-/m0/s1. The van der Waals surface area contributed by atoms with Crippen molar-refractivity contribution in [2.75, 3.05) is 5.32 Å². The monoisotopic (exact) mass is 357 g/mol. The van der Waals surface area contributed by atoms with Gasteiger partial charge in [0, 0.05) is 13.0 Å². The normalized spacial score (nSPS) is 12.2. The van der Waals surface area contributed by atoms with Crippen LogP contribution in [0.3, 0.4) is 0 Å². The summed E-state index contributed by atoms with van der Waals surface area (Å²) in [7, 11) is 0. The molecule has 8 heteroatoms. The maximum atomic E-state index is 12.3. The molecule has 136 valence electrons. The van der Waals surface area contributed by atoms with Crippen LogP contribution in [-0.2, 0) is 19.1 Å². The zero-order chi connectivity index (χ0) is 19.1. The molecule has 0 aliphatic heterocycles. The molecule has 26 heavy (non-hydrogen) atoms. The van der Waals surface area contributed by atoms with Crippen molar-refractivity contribution in [3.8, 4) is 0 Å². The smallest absolute Gasteiger partial charge is 0.355 e. The lowest BCUT2D eigenvalue weighted by molar-refractivity contribution is -0.149. The third-order valence-electron chi connectivity index (χ3n) is 3.17. The van der Waals surface area contributed by atoms with E-state index in [-0.39, 0.29) is 11.5 Å². The van der Waals surface area contributed by atoms with Gasteiger partial charge in [-0.15, -0.1) is 0 Å². The number of amides is 2. The van der Waals surface area contributed by atoms with Crippen LogP contribution >= 0.6 is 0 Å². The minimum atomic E-state index is -1.10. The maximum Gasteiger partial charge on any atom is 0.355 e. The Labute approximate surface area is 150 Å². The zero-order valence-electron chi connectivity index (χ0n) is 14.6. The molecule has 1 heterocycles. The van der Waals surface area contributed by atoms with Crippen molar-refractivity contribution in [3.05, 3.63) is 53.4 Å². The second-order valence-corrected chi connectivity index (χ2v) is 5.51. The van der Waals surface area contributed by atoms with Crippen LogP contribution in [0.4, 0.5) is 5.82 Å². The molecule has 0 radical (unpaired) electrons. The second kappa shape index (κ2) is 8.61. The summed E-state index contributed by atoms with van der Waals surface area (Å²) in [4.78, 5) is 35.8. The second-order valence-electron chi connectivity index (χ2n) is 5.51. The van der Waals surface area contributed by atoms with Crippen LogP contribution in [0.1, 0.15) is 25.2 Å². The fourth-order valence-corrected chi connectivity index (χ4v) is 1.98. The van der Waals surface area contributed by atoms with E-state index in [0.29, 0.717) is 11.3 Å². The highest BCUT2D eigenvalue weighted by Crippen LogP contribution is 2.10. The molecule has 0 spiro atoms. The first-order chi connectivity index (χ1) is 12.3. The van der Waals surface area contributed by atoms with Crippen LogP contribution in [0.2, 0.25) is 0 Å². The first-order valence-corrected chi connectivity index (χ1v) is 7.84. The summed E-state index contributed by atoms with van der Waals surface area (Å²) in [6.07, 6.45) is 0.363. The number of nitrogens with zero attached hydrogens (tertiary/aromatic N) is 1. The Bertz CT molecular complexity index is 826. The third-order valence-corrected chi connectivity index (χ3v) is 3.17. The number of anilines is 1. The molecule has 1 atom stereocenters. The highest BCUT2D eigenvalue weighted by Gasteiger charge is 2.22. The average molecular weight is 357 g/mol. The summed E-state index contributed by atoms with van der Waals surface area (Å²) in [6.45, 7) is 4.36. The molecule has 0 bridgehead atoms. The summed E-state index contributed by atoms with van der Waals surface area (Å²) >= 11 is 0. The Morgan fingerprint density at radius 1 is 1.23 bits per heavy atom. The van der Waals surface area contributed by atoms with Gasteiger partial charge in [-0.25, -0.2) is 4.79 Å². The highest BCUT2D eigenvalue weighted by atomic mass is 16.5. The van der Waals surface area contributed by atoms with Gasteiger partial charge in [0.15, 0.2) is 11.9 Å². The van der Waals surface area contributed by atoms with Gasteiger partial charge in [-0.2, -0.15) is 0 Å². The van der Waals surface area contributed by atoms with Gasteiger partial charge in [-0.05, 0) is 25.5 Å². The number of ether oxygens (including phenoxy) is 1. The fraction of sp³-hybridized carbons (Fsp3) is 0.222. The molecule has 2 rings (SSSR count). The predicted molar refractivity (Wildman–Crippen MR) is 93.7 cm³/mol. The number of aryl methyl sites for hydroxylation is 1. The van der Waals surface area contributed by atoms with E-state index >= 15 is 0 Å². The number of nitrogens with one attached hydrogen (secondary N) is 2. The number of esters is 1. The lowest BCUT2D eigenvalue weighted by Crippen LogP contribution is -2.33. The Hall–Kier alpha value is -3.42. The molecule has 8 nitrogen and oxygen atoms in total. The number of hydrogen-bond acceptors (Lipinski definition) is 6. The van der Waals surface area contributed by atoms with Gasteiger partial charge in [0.1, 0.15) is 11.5 Å². The van der Waals surface area contributed by atoms with E-state index < -0.39 is 23.9 Å². The maximum absolute atomic E-state index is 12.3. The van der Waals surface area contributed by atoms with Crippen LogP contribution in [0.25, 0.3) is 6.08 Å². The van der Waals surface area contributed by atoms with E-state index in [2.05, 4.69) is 15.8 Å². The molecular formula is C18H19N3O5. The Morgan fingerprint density at radius 2 is 1.92 bits per heavy atom. The molecule has 0 fully saturated rings. The first kappa shape index (κ1) is 18.9. The van der Waals surface area contributed by atoms with Crippen molar-refractivity contribution in [2.45, 2.75) is 26.9 Å². The lowest BCUT2D eigenvalue weighted by atomic mass is 10.2. The topological polar surface area (TPSA) is 111 Å². The van der Waals surface area contributed by atoms with Crippen LogP contribution in [0.15, 0.2) is 46.6 Å². The summed E-state index contributed by atoms with van der Waals surface area (Å²) in [5.41, 5.74) is 0.629. The van der Waals surface area contributed by atoms with E-state index in [4.69, 9.17) is 9.26 Å². The minimum Gasteiger partial charge on any atom is -0.448 e. The minimum absolute atomic E-state index is 0.0689. The number of benzene rings is 1. The molecule has 0 unspecified atom stereocenters. The van der Waals surface area contributed by atoms with Crippen molar-refractivity contribution < 1.29 is 23.6 Å². The van der Waals surface area contributed by atoms with Crippen LogP contribution in [0.5, 0.6) is 0 Å². The van der Waals surface area contributed by atoms with E-state index in [1.165, 1.54) is 26.0 Å². The molecule has 0 aliphatic rings. The Balaban J connectivity index is 2.06. The van der Waals surface area contributed by atoms with Crippen molar-refractivity contribution >= 4 is 29.7 Å². The first-order valence-electron chi connectivity index (χ1n) is 7.84. The SMILES string of the molecule is CC(=O)N/C(=C\c1ccccc1)C(=O)O[C@@H](C)C(=O)Nc1cc(C)on1. The van der Waals surface area contributed by atoms with Crippen molar-refractivity contribution in [1.82, 2.24) is 10.5 Å². The molecular weight excluding hydrogens is 338 g/mol. The molecule has 2 amide bonds. The van der Waals surface area contributed by atoms with E-state index in [0.717, 1.165) is 0 Å². The predicted octanol–water partition coefficient (Wildman–Crippen LogP) is 2.03. The van der Waals surface area contributed by atoms with Gasteiger partial charge in [0.05, 0.1) is 0 Å². The number of carbonyl (C=O) groups is 3. The molecule has 1 aromatic carbocycles. The average Bonchev–Trinajstić information content (AvgIpc) is 2.99. The molecule has 0 saturated carbocycles. The number of rotatable bonds is 6. The van der Waals surface area contributed by atoms with Crippen LogP contribution in [-0.4, -0.2) is 29.0 Å². The quantitative estimate of drug-likeness (QED) is 0.604. The van der Waals surface area contributed by atoms with Gasteiger partial charge in [-0.1, -0.05) is 35.5 Å². The van der Waals surface area contributed by atoms with E-state index in [1.54, 1.807) is 31.2 Å². The summed E-state index contributed by atoms with van der Waals surface area (Å²) in [5, 5.41) is 8.52. The van der Waals surface area contributed by atoms with Gasteiger partial charge in [0.2, 0.25) is 5.91 Å². The summed E-state index contributed by atoms with van der Waals surface area (Å²) in [6, 6.07) is 10.5. The number of carbonyl (C=O) groups excluding carboxylic acids is 3. The third kappa shape index (κ3) is 5.59. The lowest BCUT2D eigenvalue weighted by Gasteiger charge is -2.14.